The third kappa shape index (κ3) is 11.1. The Morgan fingerprint density at radius 2 is 1.18 bits per heavy atom. The monoisotopic (exact) mass is 1260 g/mol. The van der Waals surface area contributed by atoms with Crippen LogP contribution in [0.15, 0.2) is 92.2 Å². The first kappa shape index (κ1) is 58.6. The van der Waals surface area contributed by atoms with Gasteiger partial charge in [-0.2, -0.15) is 14.6 Å². The van der Waals surface area contributed by atoms with E-state index in [-0.39, 0.29) is 63.0 Å². The number of carbonyl (C=O) groups excluding carboxylic acids is 3. The summed E-state index contributed by atoms with van der Waals surface area (Å²) in [6, 6.07) is 9.60. The minimum atomic E-state index is -0.809. The van der Waals surface area contributed by atoms with E-state index in [0.29, 0.717) is 84.3 Å². The van der Waals surface area contributed by atoms with Gasteiger partial charge in [-0.25, -0.2) is 43.2 Å². The number of pyridine rings is 6. The van der Waals surface area contributed by atoms with E-state index in [1.54, 1.807) is 54.7 Å². The van der Waals surface area contributed by atoms with Crippen LogP contribution in [-0.4, -0.2) is 170 Å². The van der Waals surface area contributed by atoms with E-state index in [0.717, 1.165) is 88.2 Å². The molecule has 0 radical (unpaired) electrons. The SMILES string of the molecule is CCn1cc2c(N3CCNCC3)ncc(C(=O)Nc3cc(F)c4nc(CCc5cn6cc(NC(=O)c7ccc(N8CCNCC8)c8nc(CCc9cn%10c(N%11CCNCC%11)ccc(C(=O)Nc%11cc(F)c%12nc(C)cn%12c%11)c%10n9)nn78)c(OC)c(F)c6n5)cn4c3)c2n1. The zero-order chi connectivity index (χ0) is 63.6. The van der Waals surface area contributed by atoms with Crippen molar-refractivity contribution in [3.63, 3.8) is 0 Å². The summed E-state index contributed by atoms with van der Waals surface area (Å²) in [4.78, 5) is 77.2. The van der Waals surface area contributed by atoms with Crippen molar-refractivity contribution >= 4 is 91.2 Å². The molecule has 15 rings (SSSR count). The second kappa shape index (κ2) is 24.1. The molecule has 0 saturated carbocycles. The molecule has 30 heteroatoms. The first-order valence-corrected chi connectivity index (χ1v) is 30.9. The quantitative estimate of drug-likeness (QED) is 0.0668. The lowest BCUT2D eigenvalue weighted by atomic mass is 10.1. The van der Waals surface area contributed by atoms with Gasteiger partial charge in [0, 0.05) is 159 Å². The van der Waals surface area contributed by atoms with Crippen molar-refractivity contribution in [2.24, 2.45) is 0 Å². The maximum Gasteiger partial charge on any atom is 0.274 e. The second-order valence-electron chi connectivity index (χ2n) is 23.3. The Bertz CT molecular complexity index is 4930. The van der Waals surface area contributed by atoms with E-state index < -0.39 is 35.2 Å². The second-order valence-corrected chi connectivity index (χ2v) is 23.3. The van der Waals surface area contributed by atoms with Gasteiger partial charge in [0.15, 0.2) is 51.4 Å². The van der Waals surface area contributed by atoms with Crippen LogP contribution in [0.2, 0.25) is 0 Å². The summed E-state index contributed by atoms with van der Waals surface area (Å²) in [5.74, 6) is -1.80. The average molecular weight is 1260 g/mol. The van der Waals surface area contributed by atoms with Gasteiger partial charge in [0.25, 0.3) is 17.7 Å². The Kier molecular flexibility index (Phi) is 15.2. The van der Waals surface area contributed by atoms with Crippen molar-refractivity contribution in [2.75, 3.05) is 116 Å². The van der Waals surface area contributed by atoms with E-state index in [2.05, 4.69) is 61.6 Å². The number of hydrogen-bond acceptors (Lipinski definition) is 18. The minimum absolute atomic E-state index is 0.0278. The number of nitrogens with zero attached hydrogens (tertiary/aromatic N) is 17. The normalized spacial score (nSPS) is 14.8. The Hall–Kier alpha value is -10.7. The van der Waals surface area contributed by atoms with Crippen LogP contribution in [0.4, 0.5) is 47.6 Å². The molecule has 3 saturated heterocycles. The summed E-state index contributed by atoms with van der Waals surface area (Å²) in [5, 5.41) is 29.1. The van der Waals surface area contributed by atoms with Gasteiger partial charge in [0.1, 0.15) is 28.5 Å². The van der Waals surface area contributed by atoms with Crippen LogP contribution in [-0.2, 0) is 32.2 Å². The third-order valence-corrected chi connectivity index (χ3v) is 17.2. The topological polar surface area (TPSA) is 272 Å². The molecule has 3 aliphatic heterocycles. The molecule has 3 amide bonds. The first-order chi connectivity index (χ1) is 45.3. The predicted octanol–water partition coefficient (Wildman–Crippen LogP) is 5.38. The number of hydrogen-bond donors (Lipinski definition) is 6. The van der Waals surface area contributed by atoms with Crippen molar-refractivity contribution in [3.8, 4) is 5.75 Å². The molecule has 0 aromatic carbocycles. The predicted molar refractivity (Wildman–Crippen MR) is 342 cm³/mol. The van der Waals surface area contributed by atoms with E-state index in [4.69, 9.17) is 29.9 Å². The smallest absolute Gasteiger partial charge is 0.274 e. The summed E-state index contributed by atoms with van der Waals surface area (Å²) in [5.41, 5.74) is 5.78. The number of imidazole rings is 4. The van der Waals surface area contributed by atoms with Gasteiger partial charge in [-0.15, -0.1) is 0 Å². The average Bonchev–Trinajstić information content (AvgIpc) is 1.73. The van der Waals surface area contributed by atoms with E-state index in [1.165, 1.54) is 49.4 Å². The summed E-state index contributed by atoms with van der Waals surface area (Å²) < 4.78 is 62.8. The van der Waals surface area contributed by atoms with Crippen molar-refractivity contribution in [1.82, 2.24) is 82.9 Å². The molecule has 15 heterocycles. The highest BCUT2D eigenvalue weighted by molar-refractivity contribution is 6.13. The summed E-state index contributed by atoms with van der Waals surface area (Å²) >= 11 is 0. The molecular formula is C63H64F3N23O4. The molecule has 12 aromatic heterocycles. The Balaban J connectivity index is 0.662. The molecule has 6 N–H and O–H groups in total. The number of carbonyl (C=O) groups is 3. The molecule has 0 bridgehead atoms. The number of aromatic nitrogens is 14. The van der Waals surface area contributed by atoms with Gasteiger partial charge in [0.05, 0.1) is 63.5 Å². The highest BCUT2D eigenvalue weighted by atomic mass is 19.1. The molecule has 0 aliphatic carbocycles. The lowest BCUT2D eigenvalue weighted by molar-refractivity contribution is 0.101. The number of fused-ring (bicyclic) bond motifs is 6. The maximum absolute atomic E-state index is 16.6. The van der Waals surface area contributed by atoms with Crippen molar-refractivity contribution in [1.29, 1.82) is 0 Å². The van der Waals surface area contributed by atoms with Crippen LogP contribution in [0.25, 0.3) is 39.1 Å². The lowest BCUT2D eigenvalue weighted by Gasteiger charge is -2.30. The Morgan fingerprint density at radius 1 is 0.581 bits per heavy atom. The van der Waals surface area contributed by atoms with Crippen molar-refractivity contribution in [2.45, 2.75) is 46.1 Å². The van der Waals surface area contributed by atoms with Crippen LogP contribution in [0, 0.1) is 24.4 Å². The first-order valence-electron chi connectivity index (χ1n) is 30.9. The molecule has 0 spiro atoms. The molecule has 12 aromatic rings. The molecule has 0 atom stereocenters. The highest BCUT2D eigenvalue weighted by Crippen LogP contribution is 2.34. The minimum Gasteiger partial charge on any atom is -0.491 e. The third-order valence-electron chi connectivity index (χ3n) is 17.2. The molecular weight excluding hydrogens is 1200 g/mol. The molecule has 476 valence electrons. The maximum atomic E-state index is 16.6. The van der Waals surface area contributed by atoms with Gasteiger partial charge in [0.2, 0.25) is 5.82 Å². The van der Waals surface area contributed by atoms with Gasteiger partial charge in [-0.05, 0) is 57.4 Å². The standard InChI is InChI=1S/C63H64F3N23O4/c1-4-87-34-44-53(80-87)43(27-70-55(44)83-23-17-69-18-24-83)62(91)76-41-26-46(65)58-73-37(29-85(58)32-41)5-6-38-30-86-35-47(54(93-3)52(66)60(86)74-38)77-63(92)49-10-9-48(81-19-13-67-14-20-81)59-78-50(79-89(49)59)11-7-39-33-88-51(82-21-15-68-16-22-82)12-8-42(56(88)72-39)61(90)75-40-25-45(64)57-71-36(2)28-84(57)31-40/h8-10,12,25-35,67-69H,4-7,11,13-24H2,1-3H3,(H,75,90)(H,76,91)(H,77,92). The van der Waals surface area contributed by atoms with Crippen LogP contribution < -0.4 is 51.3 Å². The van der Waals surface area contributed by atoms with Gasteiger partial charge in [-0.1, -0.05) is 0 Å². The van der Waals surface area contributed by atoms with Crippen LogP contribution in [0.3, 0.4) is 0 Å². The van der Waals surface area contributed by atoms with Gasteiger partial charge in [-0.3, -0.25) is 23.5 Å². The summed E-state index contributed by atoms with van der Waals surface area (Å²) in [6.07, 6.45) is 16.3. The van der Waals surface area contributed by atoms with Crippen molar-refractivity contribution in [3.05, 3.63) is 155 Å². The zero-order valence-electron chi connectivity index (χ0n) is 51.1. The summed E-state index contributed by atoms with van der Waals surface area (Å²) in [6.45, 7) is 13.4. The molecule has 93 heavy (non-hydrogen) atoms. The fourth-order valence-corrected chi connectivity index (χ4v) is 12.6. The van der Waals surface area contributed by atoms with Gasteiger partial charge >= 0.3 is 0 Å². The van der Waals surface area contributed by atoms with Crippen LogP contribution in [0.1, 0.15) is 66.7 Å². The van der Waals surface area contributed by atoms with Gasteiger partial charge < -0.3 is 64.5 Å². The molecule has 0 unspecified atom stereocenters. The number of piperazine rings is 3. The van der Waals surface area contributed by atoms with Crippen molar-refractivity contribution < 1.29 is 32.3 Å². The number of rotatable bonds is 17. The number of amides is 3. The number of halogens is 3. The zero-order valence-corrected chi connectivity index (χ0v) is 51.1. The fraction of sp³-hybridized carbons (Fsp3) is 0.317. The summed E-state index contributed by atoms with van der Waals surface area (Å²) in [7, 11) is 1.30. The number of ether oxygens (including phenoxy) is 1. The fourth-order valence-electron chi connectivity index (χ4n) is 12.6. The van der Waals surface area contributed by atoms with E-state index >= 15 is 13.2 Å². The number of aryl methyl sites for hydroxylation is 6. The van der Waals surface area contributed by atoms with E-state index in [1.807, 2.05) is 35.9 Å². The number of anilines is 6. The molecule has 3 fully saturated rings. The Labute approximate surface area is 527 Å². The van der Waals surface area contributed by atoms with E-state index in [9.17, 15) is 14.4 Å². The Morgan fingerprint density at radius 3 is 1.87 bits per heavy atom. The van der Waals surface area contributed by atoms with Crippen LogP contribution >= 0.6 is 0 Å². The highest BCUT2D eigenvalue weighted by Gasteiger charge is 2.28. The number of methoxy groups -OCH3 is 1. The van der Waals surface area contributed by atoms with Crippen LogP contribution in [0.5, 0.6) is 5.75 Å². The molecule has 27 nitrogen and oxygen atoms in total. The lowest BCUT2D eigenvalue weighted by Crippen LogP contribution is -2.44. The number of nitrogens with one attached hydrogen (secondary N) is 6. The molecule has 3 aliphatic rings. The largest absolute Gasteiger partial charge is 0.491 e.